The summed E-state index contributed by atoms with van der Waals surface area (Å²) in [6, 6.07) is 0. The van der Waals surface area contributed by atoms with Gasteiger partial charge in [0.05, 0.1) is 11.9 Å². The quantitative estimate of drug-likeness (QED) is 0.720. The Bertz CT molecular complexity index is 356. The molecule has 3 atom stereocenters. The number of hydrogen-bond donors (Lipinski definition) is 1. The van der Waals surface area contributed by atoms with Crippen LogP contribution in [0.2, 0.25) is 0 Å². The van der Waals surface area contributed by atoms with E-state index in [4.69, 9.17) is 0 Å². The second-order valence-corrected chi connectivity index (χ2v) is 4.59. The molecule has 4 nitrogen and oxygen atoms in total. The summed E-state index contributed by atoms with van der Waals surface area (Å²) in [5.41, 5.74) is -0.0236. The minimum Gasteiger partial charge on any atom is -0.382 e. The highest BCUT2D eigenvalue weighted by Crippen LogP contribution is 2.40. The first-order valence-electron chi connectivity index (χ1n) is 5.50. The molecule has 2 bridgehead atoms. The summed E-state index contributed by atoms with van der Waals surface area (Å²) in [5.74, 6) is 0.336. The first-order valence-corrected chi connectivity index (χ1v) is 5.50. The first-order chi connectivity index (χ1) is 7.29. The van der Waals surface area contributed by atoms with E-state index < -0.39 is 5.60 Å². The maximum atomic E-state index is 10.7. The maximum absolute atomic E-state index is 10.7. The Balaban J connectivity index is 1.97. The molecule has 0 spiro atoms. The number of piperidine rings is 1. The molecule has 2 aliphatic heterocycles. The molecule has 0 aromatic carbocycles. The van der Waals surface area contributed by atoms with Crippen LogP contribution in [0.1, 0.15) is 18.5 Å². The highest BCUT2D eigenvalue weighted by molar-refractivity contribution is 5.15. The molecule has 3 heterocycles. The average Bonchev–Trinajstić information content (AvgIpc) is 2.52. The molecule has 0 aliphatic carbocycles. The molecule has 1 aromatic rings. The summed E-state index contributed by atoms with van der Waals surface area (Å²) in [7, 11) is 0. The second kappa shape index (κ2) is 3.25. The lowest BCUT2D eigenvalue weighted by Gasteiger charge is -2.27. The van der Waals surface area contributed by atoms with Crippen molar-refractivity contribution in [1.82, 2.24) is 14.9 Å². The summed E-state index contributed by atoms with van der Waals surface area (Å²) in [5, 5.41) is 10.7. The fourth-order valence-electron chi connectivity index (χ4n) is 2.87. The van der Waals surface area contributed by atoms with Crippen LogP contribution in [0.4, 0.5) is 0 Å². The highest BCUT2D eigenvalue weighted by Gasteiger charge is 2.48. The van der Waals surface area contributed by atoms with E-state index >= 15 is 0 Å². The smallest absolute Gasteiger partial charge is 0.125 e. The van der Waals surface area contributed by atoms with Crippen molar-refractivity contribution in [2.24, 2.45) is 5.92 Å². The van der Waals surface area contributed by atoms with E-state index in [1.54, 1.807) is 18.6 Å². The van der Waals surface area contributed by atoms with Crippen molar-refractivity contribution in [3.05, 3.63) is 24.3 Å². The number of nitrogens with zero attached hydrogens (tertiary/aromatic N) is 3. The number of rotatable bonds is 1. The van der Waals surface area contributed by atoms with E-state index in [9.17, 15) is 5.11 Å². The molecule has 2 fully saturated rings. The fourth-order valence-corrected chi connectivity index (χ4v) is 2.87. The first kappa shape index (κ1) is 9.24. The van der Waals surface area contributed by atoms with Gasteiger partial charge in [0.2, 0.25) is 0 Å². The zero-order valence-corrected chi connectivity index (χ0v) is 8.63. The van der Waals surface area contributed by atoms with Gasteiger partial charge >= 0.3 is 0 Å². The Morgan fingerprint density at radius 1 is 1.47 bits per heavy atom. The van der Waals surface area contributed by atoms with Gasteiger partial charge in [0.25, 0.3) is 0 Å². The Kier molecular flexibility index (Phi) is 2.00. The van der Waals surface area contributed by atoms with Crippen LogP contribution in [0, 0.1) is 5.92 Å². The van der Waals surface area contributed by atoms with Crippen LogP contribution >= 0.6 is 0 Å². The van der Waals surface area contributed by atoms with Crippen LogP contribution in [-0.2, 0) is 5.60 Å². The van der Waals surface area contributed by atoms with E-state index in [1.807, 2.05) is 0 Å². The van der Waals surface area contributed by atoms with Crippen molar-refractivity contribution in [2.75, 3.05) is 19.6 Å². The summed E-state index contributed by atoms with van der Waals surface area (Å²) < 4.78 is 0. The molecule has 15 heavy (non-hydrogen) atoms. The molecule has 0 saturated carbocycles. The number of aromatic nitrogens is 2. The topological polar surface area (TPSA) is 49.3 Å². The van der Waals surface area contributed by atoms with Crippen molar-refractivity contribution in [2.45, 2.75) is 18.4 Å². The number of aliphatic hydroxyl groups is 1. The van der Waals surface area contributed by atoms with Gasteiger partial charge in [-0.3, -0.25) is 14.9 Å². The third kappa shape index (κ3) is 1.36. The molecule has 3 unspecified atom stereocenters. The van der Waals surface area contributed by atoms with Crippen LogP contribution in [-0.4, -0.2) is 39.6 Å². The molecule has 2 saturated heterocycles. The zero-order chi connectivity index (χ0) is 10.3. The van der Waals surface area contributed by atoms with Gasteiger partial charge in [-0.1, -0.05) is 0 Å². The summed E-state index contributed by atoms with van der Waals surface area (Å²) in [6.45, 7) is 2.84. The van der Waals surface area contributed by atoms with Crippen LogP contribution in [0.5, 0.6) is 0 Å². The zero-order valence-electron chi connectivity index (χ0n) is 8.63. The predicted molar refractivity (Wildman–Crippen MR) is 55.1 cm³/mol. The van der Waals surface area contributed by atoms with Crippen LogP contribution in [0.15, 0.2) is 18.6 Å². The summed E-state index contributed by atoms with van der Waals surface area (Å²) >= 11 is 0. The lowest BCUT2D eigenvalue weighted by atomic mass is 9.84. The van der Waals surface area contributed by atoms with E-state index in [0.717, 1.165) is 31.7 Å². The third-order valence-electron chi connectivity index (χ3n) is 3.65. The molecule has 3 rings (SSSR count). The summed E-state index contributed by atoms with van der Waals surface area (Å²) in [4.78, 5) is 10.6. The largest absolute Gasteiger partial charge is 0.382 e. The Morgan fingerprint density at radius 2 is 2.40 bits per heavy atom. The lowest BCUT2D eigenvalue weighted by Crippen LogP contribution is -2.35. The highest BCUT2D eigenvalue weighted by atomic mass is 16.3. The second-order valence-electron chi connectivity index (χ2n) is 4.59. The monoisotopic (exact) mass is 205 g/mol. The average molecular weight is 205 g/mol. The molecular formula is C11H15N3O. The predicted octanol–water partition coefficient (Wildman–Crippen LogP) is 0.390. The molecule has 0 amide bonds. The molecule has 2 aliphatic rings. The van der Waals surface area contributed by atoms with Gasteiger partial charge in [0.15, 0.2) is 0 Å². The Labute approximate surface area is 89.0 Å². The van der Waals surface area contributed by atoms with Gasteiger partial charge in [-0.05, 0) is 19.4 Å². The van der Waals surface area contributed by atoms with Crippen LogP contribution in [0.3, 0.4) is 0 Å². The molecule has 0 radical (unpaired) electrons. The molecular weight excluding hydrogens is 190 g/mol. The van der Waals surface area contributed by atoms with Crippen molar-refractivity contribution < 1.29 is 5.11 Å². The Morgan fingerprint density at radius 3 is 3.13 bits per heavy atom. The van der Waals surface area contributed by atoms with Crippen LogP contribution in [0.25, 0.3) is 0 Å². The lowest BCUT2D eigenvalue weighted by molar-refractivity contribution is 0.00544. The van der Waals surface area contributed by atoms with Crippen molar-refractivity contribution in [3.8, 4) is 0 Å². The van der Waals surface area contributed by atoms with Gasteiger partial charge < -0.3 is 5.11 Å². The molecule has 1 N–H and O–H groups in total. The van der Waals surface area contributed by atoms with Crippen molar-refractivity contribution in [1.29, 1.82) is 0 Å². The van der Waals surface area contributed by atoms with Gasteiger partial charge in [-0.2, -0.15) is 0 Å². The van der Waals surface area contributed by atoms with E-state index in [-0.39, 0.29) is 0 Å². The number of fused-ring (bicyclic) bond motifs is 2. The minimum absolute atomic E-state index is 0.336. The van der Waals surface area contributed by atoms with Gasteiger partial charge in [0.1, 0.15) is 5.60 Å². The molecule has 1 aromatic heterocycles. The standard InChI is InChI=1S/C11H15N3O/c15-11(10-6-12-3-4-13-10)8-14-5-1-2-9(11)7-14/h3-4,6,9,15H,1-2,5,7-8H2. The van der Waals surface area contributed by atoms with E-state index in [1.165, 1.54) is 6.42 Å². The Hall–Kier alpha value is -1.00. The molecule has 80 valence electrons. The van der Waals surface area contributed by atoms with Gasteiger partial charge in [-0.15, -0.1) is 0 Å². The SMILES string of the molecule is OC1(c2cnccn2)CN2CCCC1C2. The van der Waals surface area contributed by atoms with E-state index in [0.29, 0.717) is 5.92 Å². The maximum Gasteiger partial charge on any atom is 0.125 e. The number of hydrogen-bond acceptors (Lipinski definition) is 4. The fraction of sp³-hybridized carbons (Fsp3) is 0.636. The van der Waals surface area contributed by atoms with Crippen LogP contribution < -0.4 is 0 Å². The van der Waals surface area contributed by atoms with E-state index in [2.05, 4.69) is 14.9 Å². The van der Waals surface area contributed by atoms with Crippen molar-refractivity contribution >= 4 is 0 Å². The van der Waals surface area contributed by atoms with Gasteiger partial charge in [-0.25, -0.2) is 0 Å². The van der Waals surface area contributed by atoms with Gasteiger partial charge in [0, 0.05) is 31.4 Å². The van der Waals surface area contributed by atoms with Crippen molar-refractivity contribution in [3.63, 3.8) is 0 Å². The third-order valence-corrected chi connectivity index (χ3v) is 3.65. The minimum atomic E-state index is -0.759. The molecule has 4 heteroatoms. The normalized spacial score (nSPS) is 39.3. The summed E-state index contributed by atoms with van der Waals surface area (Å²) in [6.07, 6.45) is 7.29.